The summed E-state index contributed by atoms with van der Waals surface area (Å²) in [6.45, 7) is 4.04. The number of aliphatic imine (C=N–C) groups is 1. The number of hydrogen-bond donors (Lipinski definition) is 6. The molecule has 1 unspecified atom stereocenters. The zero-order chi connectivity index (χ0) is 58.3. The summed E-state index contributed by atoms with van der Waals surface area (Å²) in [4.78, 5) is 94.6. The van der Waals surface area contributed by atoms with Crippen molar-refractivity contribution in [1.82, 2.24) is 50.1 Å². The van der Waals surface area contributed by atoms with E-state index in [-0.39, 0.29) is 41.3 Å². The molecule has 2 aromatic heterocycles. The normalized spacial score (nSPS) is 16.7. The summed E-state index contributed by atoms with van der Waals surface area (Å²) in [5.74, 6) is -1.12. The maximum atomic E-state index is 14.1. The van der Waals surface area contributed by atoms with Crippen LogP contribution in [0.25, 0.3) is 11.0 Å². The number of aliphatic hydroxyl groups excluding tert-OH is 1. The van der Waals surface area contributed by atoms with Crippen LogP contribution in [-0.4, -0.2) is 139 Å². The topological polar surface area (TPSA) is 264 Å². The molecule has 5 atom stereocenters. The molecule has 0 bridgehead atoms. The molecule has 432 valence electrons. The van der Waals surface area contributed by atoms with Gasteiger partial charge in [0.1, 0.15) is 36.5 Å². The van der Waals surface area contributed by atoms with Crippen LogP contribution >= 0.6 is 0 Å². The summed E-state index contributed by atoms with van der Waals surface area (Å²) in [7, 11) is 1.60. The fourth-order valence-electron chi connectivity index (χ4n) is 11.2. The number of H-pyrrole nitrogens is 1. The van der Waals surface area contributed by atoms with E-state index in [9.17, 15) is 33.9 Å². The van der Waals surface area contributed by atoms with E-state index in [1.54, 1.807) is 70.6 Å². The van der Waals surface area contributed by atoms with E-state index in [4.69, 9.17) is 10.5 Å². The average molecular weight is 1130 g/mol. The van der Waals surface area contributed by atoms with E-state index >= 15 is 0 Å². The van der Waals surface area contributed by atoms with E-state index < -0.39 is 42.1 Å². The number of carbonyl (C=O) groups is 5. The Morgan fingerprint density at radius 3 is 1.93 bits per heavy atom. The summed E-state index contributed by atoms with van der Waals surface area (Å²) in [5, 5.41) is 23.2. The number of aromatic amines is 1. The highest BCUT2D eigenvalue weighted by molar-refractivity contribution is 5.98. The number of hydrogen-bond acceptors (Lipinski definition) is 12. The van der Waals surface area contributed by atoms with Crippen molar-refractivity contribution in [1.29, 1.82) is 0 Å². The number of fused-ring (bicyclic) bond motifs is 1. The van der Waals surface area contributed by atoms with Crippen molar-refractivity contribution >= 4 is 46.8 Å². The van der Waals surface area contributed by atoms with Gasteiger partial charge in [-0.25, -0.2) is 9.78 Å². The standard InChI is InChI=1S/C34H38N6O4.C29H34N6O4/c1-25(41)30(38-31(42)27-13-7-3-8-14-27)32(43)37-29(21-26-11-5-2-6-12-26)33(44)39-19-17-34(18-20-39,22-40-24-35-23-36-40)28-15-9-4-10-16-28;1-39-22-8-6-19(7-9-22)17-25(32-27(36)23(30)16-20-10-13-31-18-20)28(37)34-14-11-21(12-15-34)35-26-5-3-2-4-24(26)33-29(35)38/h2-16,23-25,29-30,41H,17-22H2,1H3,(H,37,43)(H,38,42);2-9,13,18,21,23,25H,10-12,14-17,30H2,1H3,(H,32,36)(H,33,38)/t25?,29-,30-;23-,25+/m00/s1. The molecule has 0 spiro atoms. The Labute approximate surface area is 481 Å². The zero-order valence-electron chi connectivity index (χ0n) is 46.8. The summed E-state index contributed by atoms with van der Waals surface area (Å²) < 4.78 is 8.88. The smallest absolute Gasteiger partial charge is 0.326 e. The van der Waals surface area contributed by atoms with Crippen molar-refractivity contribution < 1.29 is 33.8 Å². The van der Waals surface area contributed by atoms with Crippen molar-refractivity contribution in [3.05, 3.63) is 197 Å². The largest absolute Gasteiger partial charge is 0.497 e. The highest BCUT2D eigenvalue weighted by Crippen LogP contribution is 2.37. The number of para-hydroxylation sites is 2. The summed E-state index contributed by atoms with van der Waals surface area (Å²) in [6, 6.07) is 39.6. The molecule has 5 heterocycles. The average Bonchev–Trinajstić information content (AvgIpc) is 4.47. The number of nitrogens with zero attached hydrogens (tertiary/aromatic N) is 7. The van der Waals surface area contributed by atoms with Gasteiger partial charge in [0.2, 0.25) is 23.6 Å². The Balaban J connectivity index is 0.000000201. The second kappa shape index (κ2) is 27.6. The van der Waals surface area contributed by atoms with Gasteiger partial charge < -0.3 is 46.3 Å². The van der Waals surface area contributed by atoms with Crippen molar-refractivity contribution in [3.63, 3.8) is 0 Å². The molecule has 20 nitrogen and oxygen atoms in total. The third-order valence-corrected chi connectivity index (χ3v) is 15.8. The summed E-state index contributed by atoms with van der Waals surface area (Å²) in [5.41, 5.74) is 11.8. The van der Waals surface area contributed by atoms with Gasteiger partial charge in [-0.05, 0) is 97.7 Å². The van der Waals surface area contributed by atoms with Crippen LogP contribution in [0.15, 0.2) is 174 Å². The number of aliphatic hydroxyl groups is 1. The van der Waals surface area contributed by atoms with Crippen LogP contribution in [0.5, 0.6) is 5.75 Å². The molecule has 10 rings (SSSR count). The first-order chi connectivity index (χ1) is 40.3. The number of aromatic nitrogens is 5. The van der Waals surface area contributed by atoms with Gasteiger partial charge in [-0.1, -0.05) is 103 Å². The van der Waals surface area contributed by atoms with Crippen LogP contribution in [0, 0.1) is 0 Å². The van der Waals surface area contributed by atoms with Gasteiger partial charge in [0, 0.05) is 74.9 Å². The van der Waals surface area contributed by atoms with Crippen LogP contribution in [0.3, 0.4) is 0 Å². The van der Waals surface area contributed by atoms with Gasteiger partial charge >= 0.3 is 5.69 Å². The molecular formula is C63H72N12O8. The Morgan fingerprint density at radius 2 is 1.33 bits per heavy atom. The van der Waals surface area contributed by atoms with Crippen molar-refractivity contribution in [3.8, 4) is 5.75 Å². The number of likely N-dealkylation sites (tertiary alicyclic amines) is 2. The molecule has 20 heteroatoms. The Bertz CT molecular complexity index is 3410. The predicted octanol–water partition coefficient (Wildman–Crippen LogP) is 5.05. The molecule has 0 aliphatic carbocycles. The van der Waals surface area contributed by atoms with E-state index in [0.29, 0.717) is 89.0 Å². The molecular weight excluding hydrogens is 1050 g/mol. The quantitative estimate of drug-likeness (QED) is 0.0588. The van der Waals surface area contributed by atoms with Gasteiger partial charge in [-0.2, -0.15) is 5.10 Å². The van der Waals surface area contributed by atoms with Crippen molar-refractivity contribution in [2.24, 2.45) is 10.7 Å². The fourth-order valence-corrected chi connectivity index (χ4v) is 11.2. The Morgan fingerprint density at radius 1 is 0.735 bits per heavy atom. The maximum Gasteiger partial charge on any atom is 0.326 e. The third kappa shape index (κ3) is 14.9. The highest BCUT2D eigenvalue weighted by Gasteiger charge is 2.41. The molecule has 5 aromatic carbocycles. The van der Waals surface area contributed by atoms with E-state index in [1.807, 2.05) is 102 Å². The summed E-state index contributed by atoms with van der Waals surface area (Å²) in [6.07, 6.45) is 9.93. The van der Waals surface area contributed by atoms with Crippen LogP contribution in [0.4, 0.5) is 0 Å². The van der Waals surface area contributed by atoms with Gasteiger partial charge in [-0.15, -0.1) is 0 Å². The van der Waals surface area contributed by atoms with E-state index in [1.165, 1.54) is 18.8 Å². The second-order valence-corrected chi connectivity index (χ2v) is 21.5. The SMILES string of the molecule is CC(O)[C@H](NC(=O)c1ccccc1)C(=O)N[C@@H](Cc1ccccc1)C(=O)N1CCC(Cn2cncn2)(c2ccccc2)CC1.COc1ccc(C[C@@H](NC(=O)[C@@H](N)CC2=CN=CC2)C(=O)N2CCC(n3c(=O)[nH]c4ccccc43)CC2)cc1. The van der Waals surface area contributed by atoms with Crippen LogP contribution in [0.2, 0.25) is 0 Å². The fraction of sp³-hybridized carbons (Fsp3) is 0.349. The molecule has 3 aliphatic heterocycles. The number of benzene rings is 5. The molecule has 7 aromatic rings. The second-order valence-electron chi connectivity index (χ2n) is 21.5. The van der Waals surface area contributed by atoms with Gasteiger partial charge in [-0.3, -0.25) is 38.2 Å². The van der Waals surface area contributed by atoms with Gasteiger partial charge in [0.15, 0.2) is 0 Å². The van der Waals surface area contributed by atoms with Gasteiger partial charge in [0.05, 0.1) is 36.8 Å². The van der Waals surface area contributed by atoms with Crippen molar-refractivity contribution in [2.75, 3.05) is 33.3 Å². The number of nitrogens with two attached hydrogens (primary N) is 1. The minimum atomic E-state index is -1.25. The molecule has 2 fully saturated rings. The number of nitrogens with one attached hydrogen (secondary N) is 4. The number of carbonyl (C=O) groups excluding carboxylic acids is 5. The third-order valence-electron chi connectivity index (χ3n) is 15.8. The van der Waals surface area contributed by atoms with E-state index in [0.717, 1.165) is 27.7 Å². The number of ether oxygens (including phenoxy) is 1. The summed E-state index contributed by atoms with van der Waals surface area (Å²) >= 11 is 0. The number of imidazole rings is 1. The van der Waals surface area contributed by atoms with Gasteiger partial charge in [0.25, 0.3) is 5.91 Å². The lowest BCUT2D eigenvalue weighted by Gasteiger charge is -2.43. The molecule has 5 amide bonds. The molecule has 83 heavy (non-hydrogen) atoms. The lowest BCUT2D eigenvalue weighted by Crippen LogP contribution is -2.59. The highest BCUT2D eigenvalue weighted by atomic mass is 16.5. The lowest BCUT2D eigenvalue weighted by atomic mass is 9.72. The number of rotatable bonds is 20. The molecule has 0 radical (unpaired) electrons. The first-order valence-corrected chi connectivity index (χ1v) is 28.2. The van der Waals surface area contributed by atoms with Crippen LogP contribution < -0.4 is 32.1 Å². The molecule has 7 N–H and O–H groups in total. The predicted molar refractivity (Wildman–Crippen MR) is 315 cm³/mol. The Kier molecular flexibility index (Phi) is 19.5. The molecule has 0 saturated carbocycles. The van der Waals surface area contributed by atoms with Crippen LogP contribution in [-0.2, 0) is 44.0 Å². The minimum Gasteiger partial charge on any atom is -0.497 e. The monoisotopic (exact) mass is 1120 g/mol. The Hall–Kier alpha value is -9.01. The lowest BCUT2D eigenvalue weighted by molar-refractivity contribution is -0.139. The maximum absolute atomic E-state index is 14.1. The molecule has 3 aliphatic rings. The zero-order valence-corrected chi connectivity index (χ0v) is 46.8. The van der Waals surface area contributed by atoms with Crippen molar-refractivity contribution in [2.45, 2.75) is 107 Å². The van der Waals surface area contributed by atoms with Crippen LogP contribution in [0.1, 0.15) is 78.5 Å². The number of methoxy groups -OCH3 is 1. The number of amides is 5. The van der Waals surface area contributed by atoms with E-state index in [2.05, 4.69) is 48.1 Å². The number of piperidine rings is 2. The first-order valence-electron chi connectivity index (χ1n) is 28.2. The molecule has 2 saturated heterocycles. The first kappa shape index (κ1) is 58.6. The minimum absolute atomic E-state index is 0.0114.